The van der Waals surface area contributed by atoms with Crippen molar-refractivity contribution in [1.82, 2.24) is 4.90 Å². The number of rotatable bonds is 2. The molecule has 1 aliphatic heterocycles. The highest BCUT2D eigenvalue weighted by Gasteiger charge is 2.51. The largest absolute Gasteiger partial charge is 0.342 e. The Bertz CT molecular complexity index is 294. The Morgan fingerprint density at radius 3 is 2.50 bits per heavy atom. The van der Waals surface area contributed by atoms with Gasteiger partial charge < -0.3 is 10.6 Å². The Hall–Kier alpha value is -0.570. The minimum Gasteiger partial charge on any atom is -0.342 e. The Kier molecular flexibility index (Phi) is 2.77. The van der Waals surface area contributed by atoms with E-state index in [-0.39, 0.29) is 16.9 Å². The highest BCUT2D eigenvalue weighted by molar-refractivity contribution is 5.85. The third kappa shape index (κ3) is 1.86. The lowest BCUT2D eigenvalue weighted by Gasteiger charge is -2.43. The van der Waals surface area contributed by atoms with Crippen LogP contribution in [0, 0.1) is 10.8 Å². The van der Waals surface area contributed by atoms with Crippen molar-refractivity contribution in [2.45, 2.75) is 52.5 Å². The van der Waals surface area contributed by atoms with Gasteiger partial charge in [-0.15, -0.1) is 0 Å². The molecule has 2 fully saturated rings. The number of hydrogen-bond acceptors (Lipinski definition) is 2. The quantitative estimate of drug-likeness (QED) is 0.777. The van der Waals surface area contributed by atoms with Crippen LogP contribution in [0.5, 0.6) is 0 Å². The van der Waals surface area contributed by atoms with Crippen LogP contribution in [-0.4, -0.2) is 29.9 Å². The van der Waals surface area contributed by atoms with Crippen LogP contribution in [0.4, 0.5) is 0 Å². The van der Waals surface area contributed by atoms with E-state index in [4.69, 9.17) is 5.73 Å². The molecule has 1 atom stereocenters. The van der Waals surface area contributed by atoms with Crippen molar-refractivity contribution in [3.05, 3.63) is 0 Å². The smallest absolute Gasteiger partial charge is 0.228 e. The van der Waals surface area contributed by atoms with Crippen LogP contribution in [0.2, 0.25) is 0 Å². The molecule has 0 aromatic heterocycles. The lowest BCUT2D eigenvalue weighted by molar-refractivity contribution is -0.140. The summed E-state index contributed by atoms with van der Waals surface area (Å²) in [5, 5.41) is 0. The minimum absolute atomic E-state index is 0.0114. The zero-order valence-electron chi connectivity index (χ0n) is 10.8. The number of piperidine rings is 1. The highest BCUT2D eigenvalue weighted by atomic mass is 16.2. The fraction of sp³-hybridized carbons (Fsp3) is 0.923. The van der Waals surface area contributed by atoms with Gasteiger partial charge in [0.2, 0.25) is 5.91 Å². The van der Waals surface area contributed by atoms with Gasteiger partial charge in [-0.05, 0) is 31.1 Å². The van der Waals surface area contributed by atoms with Gasteiger partial charge in [-0.3, -0.25) is 4.79 Å². The summed E-state index contributed by atoms with van der Waals surface area (Å²) in [7, 11) is 0. The van der Waals surface area contributed by atoms with Crippen molar-refractivity contribution in [1.29, 1.82) is 0 Å². The van der Waals surface area contributed by atoms with Crippen LogP contribution in [0.25, 0.3) is 0 Å². The summed E-state index contributed by atoms with van der Waals surface area (Å²) < 4.78 is 0. The van der Waals surface area contributed by atoms with Gasteiger partial charge in [0.1, 0.15) is 0 Å². The number of carbonyl (C=O) groups is 1. The molecule has 0 bridgehead atoms. The lowest BCUT2D eigenvalue weighted by Crippen LogP contribution is -2.55. The van der Waals surface area contributed by atoms with E-state index in [1.165, 1.54) is 0 Å². The first-order valence-corrected chi connectivity index (χ1v) is 6.46. The number of likely N-dealkylation sites (tertiary alicyclic amines) is 1. The van der Waals surface area contributed by atoms with Gasteiger partial charge in [-0.25, -0.2) is 0 Å². The van der Waals surface area contributed by atoms with Crippen LogP contribution in [0.15, 0.2) is 0 Å². The van der Waals surface area contributed by atoms with E-state index in [0.29, 0.717) is 5.91 Å². The first-order chi connectivity index (χ1) is 7.41. The van der Waals surface area contributed by atoms with E-state index in [0.717, 1.165) is 38.8 Å². The van der Waals surface area contributed by atoms with Gasteiger partial charge in [0.15, 0.2) is 0 Å². The molecule has 2 rings (SSSR count). The van der Waals surface area contributed by atoms with E-state index >= 15 is 0 Å². The van der Waals surface area contributed by atoms with Crippen molar-refractivity contribution in [3.8, 4) is 0 Å². The first-order valence-electron chi connectivity index (χ1n) is 6.46. The topological polar surface area (TPSA) is 46.3 Å². The maximum absolute atomic E-state index is 12.4. The van der Waals surface area contributed by atoms with Crippen molar-refractivity contribution in [3.63, 3.8) is 0 Å². The molecular weight excluding hydrogens is 200 g/mol. The SMILES string of the molecule is CCC1(C(=O)N2CCC(N)C(C)(C)C2)CC1. The van der Waals surface area contributed by atoms with Crippen LogP contribution < -0.4 is 5.73 Å². The maximum atomic E-state index is 12.4. The van der Waals surface area contributed by atoms with Gasteiger partial charge in [0, 0.05) is 24.5 Å². The molecule has 2 aliphatic rings. The zero-order chi connectivity index (χ0) is 12.0. The molecule has 0 radical (unpaired) electrons. The Morgan fingerprint density at radius 1 is 1.44 bits per heavy atom. The first kappa shape index (κ1) is 11.9. The summed E-state index contributed by atoms with van der Waals surface area (Å²) in [5.74, 6) is 0.384. The summed E-state index contributed by atoms with van der Waals surface area (Å²) >= 11 is 0. The Morgan fingerprint density at radius 2 is 2.06 bits per heavy atom. The molecule has 1 heterocycles. The van der Waals surface area contributed by atoms with Gasteiger partial charge in [-0.1, -0.05) is 20.8 Å². The predicted octanol–water partition coefficient (Wildman–Crippen LogP) is 1.76. The molecule has 1 amide bonds. The van der Waals surface area contributed by atoms with Crippen LogP contribution in [0.3, 0.4) is 0 Å². The molecule has 1 saturated heterocycles. The average Bonchev–Trinajstić information content (AvgIpc) is 3.02. The second-order valence-corrected chi connectivity index (χ2v) is 6.24. The number of nitrogens with two attached hydrogens (primary N) is 1. The second kappa shape index (κ2) is 3.73. The van der Waals surface area contributed by atoms with E-state index < -0.39 is 0 Å². The number of carbonyl (C=O) groups excluding carboxylic acids is 1. The van der Waals surface area contributed by atoms with Crippen molar-refractivity contribution in [2.24, 2.45) is 16.6 Å². The molecule has 92 valence electrons. The molecular formula is C13H24N2O. The maximum Gasteiger partial charge on any atom is 0.228 e. The van der Waals surface area contributed by atoms with Gasteiger partial charge in [-0.2, -0.15) is 0 Å². The van der Waals surface area contributed by atoms with Crippen LogP contribution in [-0.2, 0) is 4.79 Å². The average molecular weight is 224 g/mol. The fourth-order valence-electron chi connectivity index (χ4n) is 2.75. The van der Waals surface area contributed by atoms with Crippen molar-refractivity contribution >= 4 is 5.91 Å². The molecule has 1 saturated carbocycles. The summed E-state index contributed by atoms with van der Waals surface area (Å²) in [6.45, 7) is 8.15. The standard InChI is InChI=1S/C13H24N2O/c1-4-13(6-7-13)11(16)15-8-5-10(14)12(2,3)9-15/h10H,4-9,14H2,1-3H3. The van der Waals surface area contributed by atoms with Gasteiger partial charge in [0.05, 0.1) is 0 Å². The van der Waals surface area contributed by atoms with Gasteiger partial charge in [0.25, 0.3) is 0 Å². The predicted molar refractivity (Wildman–Crippen MR) is 64.9 cm³/mol. The summed E-state index contributed by atoms with van der Waals surface area (Å²) in [5.41, 5.74) is 6.17. The molecule has 1 unspecified atom stereocenters. The molecule has 16 heavy (non-hydrogen) atoms. The number of hydrogen-bond donors (Lipinski definition) is 1. The second-order valence-electron chi connectivity index (χ2n) is 6.24. The monoisotopic (exact) mass is 224 g/mol. The molecule has 0 aromatic carbocycles. The summed E-state index contributed by atoms with van der Waals surface area (Å²) in [6, 6.07) is 0.230. The number of amides is 1. The third-order valence-corrected chi connectivity index (χ3v) is 4.58. The van der Waals surface area contributed by atoms with E-state index in [2.05, 4.69) is 25.7 Å². The molecule has 2 N–H and O–H groups in total. The van der Waals surface area contributed by atoms with Crippen LogP contribution >= 0.6 is 0 Å². The molecule has 3 heteroatoms. The van der Waals surface area contributed by atoms with E-state index in [9.17, 15) is 4.79 Å². The highest BCUT2D eigenvalue weighted by Crippen LogP contribution is 2.50. The Labute approximate surface area is 98.4 Å². The number of nitrogens with zero attached hydrogens (tertiary/aromatic N) is 1. The molecule has 3 nitrogen and oxygen atoms in total. The minimum atomic E-state index is 0.0114. The third-order valence-electron chi connectivity index (χ3n) is 4.58. The van der Waals surface area contributed by atoms with Crippen molar-refractivity contribution in [2.75, 3.05) is 13.1 Å². The molecule has 1 aliphatic carbocycles. The van der Waals surface area contributed by atoms with Gasteiger partial charge >= 0.3 is 0 Å². The van der Waals surface area contributed by atoms with Crippen molar-refractivity contribution < 1.29 is 4.79 Å². The Balaban J connectivity index is 2.04. The van der Waals surface area contributed by atoms with Crippen LogP contribution in [0.1, 0.15) is 46.5 Å². The summed E-state index contributed by atoms with van der Waals surface area (Å²) in [4.78, 5) is 14.4. The van der Waals surface area contributed by atoms with E-state index in [1.54, 1.807) is 0 Å². The lowest BCUT2D eigenvalue weighted by atomic mass is 9.79. The zero-order valence-corrected chi connectivity index (χ0v) is 10.8. The normalized spacial score (nSPS) is 31.2. The molecule has 0 spiro atoms. The van der Waals surface area contributed by atoms with E-state index in [1.807, 2.05) is 0 Å². The molecule has 0 aromatic rings. The summed E-state index contributed by atoms with van der Waals surface area (Å²) in [6.07, 6.45) is 4.12. The fourth-order valence-corrected chi connectivity index (χ4v) is 2.75.